The zero-order valence-electron chi connectivity index (χ0n) is 11.1. The van der Waals surface area contributed by atoms with E-state index in [2.05, 4.69) is 55.5 Å². The van der Waals surface area contributed by atoms with Gasteiger partial charge in [0, 0.05) is 5.92 Å². The van der Waals surface area contributed by atoms with E-state index >= 15 is 0 Å². The van der Waals surface area contributed by atoms with Crippen LogP contribution >= 0.6 is 0 Å². The van der Waals surface area contributed by atoms with Crippen molar-refractivity contribution in [3.05, 3.63) is 70.8 Å². The van der Waals surface area contributed by atoms with Gasteiger partial charge >= 0.3 is 0 Å². The van der Waals surface area contributed by atoms with Crippen LogP contribution in [0.2, 0.25) is 0 Å². The molecule has 19 heavy (non-hydrogen) atoms. The maximum absolute atomic E-state index is 9.10. The van der Waals surface area contributed by atoms with Crippen LogP contribution in [0.3, 0.4) is 0 Å². The molecule has 0 unspecified atom stereocenters. The number of hydrogen-bond acceptors (Lipinski definition) is 1. The van der Waals surface area contributed by atoms with Crippen molar-refractivity contribution in [3.8, 4) is 6.07 Å². The van der Waals surface area contributed by atoms with Crippen molar-refractivity contribution < 1.29 is 0 Å². The first-order chi connectivity index (χ1) is 9.33. The molecule has 0 radical (unpaired) electrons. The fourth-order valence-corrected chi connectivity index (χ4v) is 3.29. The topological polar surface area (TPSA) is 23.8 Å². The third kappa shape index (κ3) is 2.04. The van der Waals surface area contributed by atoms with Crippen LogP contribution in [0.15, 0.2) is 48.5 Å². The molecular formula is C18H17N. The number of nitriles is 1. The van der Waals surface area contributed by atoms with Gasteiger partial charge in [-0.05, 0) is 41.2 Å². The molecule has 2 aromatic carbocycles. The van der Waals surface area contributed by atoms with E-state index < -0.39 is 0 Å². The van der Waals surface area contributed by atoms with Crippen LogP contribution in [0.1, 0.15) is 41.5 Å². The summed E-state index contributed by atoms with van der Waals surface area (Å²) in [6.07, 6.45) is 2.31. The van der Waals surface area contributed by atoms with Crippen molar-refractivity contribution in [2.24, 2.45) is 5.92 Å². The Morgan fingerprint density at radius 3 is 2.63 bits per heavy atom. The van der Waals surface area contributed by atoms with E-state index in [1.54, 1.807) is 0 Å². The molecule has 0 amide bonds. The van der Waals surface area contributed by atoms with Gasteiger partial charge in [0.15, 0.2) is 0 Å². The van der Waals surface area contributed by atoms with Gasteiger partial charge in [-0.25, -0.2) is 0 Å². The predicted octanol–water partition coefficient (Wildman–Crippen LogP) is 4.27. The standard InChI is InChI=1S/C18H17N/c1-2-14-11-16-9-8-13(12-19)10-17(16)18(14)15-6-4-3-5-7-15/h3-10,14,18H,2,11H2,1H3/t14-,18-/m0/s1. The molecule has 0 N–H and O–H groups in total. The van der Waals surface area contributed by atoms with Crippen LogP contribution in [0.5, 0.6) is 0 Å². The number of benzene rings is 2. The molecule has 1 aliphatic rings. The van der Waals surface area contributed by atoms with E-state index in [0.29, 0.717) is 11.8 Å². The number of fused-ring (bicyclic) bond motifs is 1. The number of hydrogen-bond donors (Lipinski definition) is 0. The van der Waals surface area contributed by atoms with Crippen LogP contribution in [0.25, 0.3) is 0 Å². The molecule has 0 fully saturated rings. The molecule has 0 aromatic heterocycles. The molecule has 0 saturated heterocycles. The predicted molar refractivity (Wildman–Crippen MR) is 76.9 cm³/mol. The minimum atomic E-state index is 0.453. The van der Waals surface area contributed by atoms with Crippen molar-refractivity contribution in [1.82, 2.24) is 0 Å². The molecule has 2 atom stereocenters. The van der Waals surface area contributed by atoms with Gasteiger partial charge < -0.3 is 0 Å². The SMILES string of the molecule is CC[C@H]1Cc2ccc(C#N)cc2[C@@H]1c1ccccc1. The smallest absolute Gasteiger partial charge is 0.0991 e. The molecule has 0 saturated carbocycles. The maximum atomic E-state index is 9.10. The molecule has 0 heterocycles. The number of rotatable bonds is 2. The Balaban J connectivity index is 2.11. The van der Waals surface area contributed by atoms with Gasteiger partial charge in [0.1, 0.15) is 0 Å². The van der Waals surface area contributed by atoms with Gasteiger partial charge in [-0.3, -0.25) is 0 Å². The molecule has 94 valence electrons. The van der Waals surface area contributed by atoms with Crippen LogP contribution in [-0.2, 0) is 6.42 Å². The third-order valence-electron chi connectivity index (χ3n) is 4.25. The first-order valence-electron chi connectivity index (χ1n) is 6.91. The summed E-state index contributed by atoms with van der Waals surface area (Å²) in [5, 5.41) is 9.10. The zero-order chi connectivity index (χ0) is 13.2. The lowest BCUT2D eigenvalue weighted by atomic mass is 9.84. The Kier molecular flexibility index (Phi) is 3.09. The van der Waals surface area contributed by atoms with E-state index in [1.165, 1.54) is 23.1 Å². The third-order valence-corrected chi connectivity index (χ3v) is 4.25. The Hall–Kier alpha value is -2.07. The highest BCUT2D eigenvalue weighted by Gasteiger charge is 2.32. The lowest BCUT2D eigenvalue weighted by Gasteiger charge is -2.19. The van der Waals surface area contributed by atoms with E-state index in [-0.39, 0.29) is 0 Å². The van der Waals surface area contributed by atoms with Crippen LogP contribution in [0, 0.1) is 17.2 Å². The average molecular weight is 247 g/mol. The summed E-state index contributed by atoms with van der Waals surface area (Å²) < 4.78 is 0. The van der Waals surface area contributed by atoms with Gasteiger partial charge in [-0.2, -0.15) is 5.26 Å². The van der Waals surface area contributed by atoms with Gasteiger partial charge in [-0.1, -0.05) is 49.7 Å². The average Bonchev–Trinajstić information content (AvgIpc) is 2.85. The number of nitrogens with zero attached hydrogens (tertiary/aromatic N) is 1. The van der Waals surface area contributed by atoms with E-state index in [1.807, 2.05) is 6.07 Å². The Morgan fingerprint density at radius 1 is 1.16 bits per heavy atom. The van der Waals surface area contributed by atoms with Crippen LogP contribution in [-0.4, -0.2) is 0 Å². The minimum absolute atomic E-state index is 0.453. The van der Waals surface area contributed by atoms with E-state index in [9.17, 15) is 0 Å². The zero-order valence-corrected chi connectivity index (χ0v) is 11.1. The summed E-state index contributed by atoms with van der Waals surface area (Å²) in [6.45, 7) is 2.26. The van der Waals surface area contributed by atoms with E-state index in [4.69, 9.17) is 5.26 Å². The summed E-state index contributed by atoms with van der Waals surface area (Å²) >= 11 is 0. The van der Waals surface area contributed by atoms with Crippen molar-refractivity contribution >= 4 is 0 Å². The largest absolute Gasteiger partial charge is 0.192 e. The molecule has 1 aliphatic carbocycles. The van der Waals surface area contributed by atoms with Crippen molar-refractivity contribution in [1.29, 1.82) is 5.26 Å². The Labute approximate surface area is 114 Å². The molecule has 1 heteroatoms. The van der Waals surface area contributed by atoms with E-state index in [0.717, 1.165) is 12.0 Å². The monoisotopic (exact) mass is 247 g/mol. The van der Waals surface area contributed by atoms with Gasteiger partial charge in [-0.15, -0.1) is 0 Å². The Morgan fingerprint density at radius 2 is 1.95 bits per heavy atom. The van der Waals surface area contributed by atoms with Gasteiger partial charge in [0.05, 0.1) is 11.6 Å². The lowest BCUT2D eigenvalue weighted by molar-refractivity contribution is 0.488. The highest BCUT2D eigenvalue weighted by molar-refractivity contribution is 5.47. The molecule has 1 nitrogen and oxygen atoms in total. The summed E-state index contributed by atoms with van der Waals surface area (Å²) in [5.41, 5.74) is 4.93. The summed E-state index contributed by atoms with van der Waals surface area (Å²) in [7, 11) is 0. The molecule has 3 rings (SSSR count). The van der Waals surface area contributed by atoms with Gasteiger partial charge in [0.2, 0.25) is 0 Å². The second kappa shape index (κ2) is 4.90. The normalized spacial score (nSPS) is 20.8. The highest BCUT2D eigenvalue weighted by Crippen LogP contribution is 2.44. The summed E-state index contributed by atoms with van der Waals surface area (Å²) in [4.78, 5) is 0. The molecule has 0 aliphatic heterocycles. The summed E-state index contributed by atoms with van der Waals surface area (Å²) in [6, 6.07) is 19.1. The van der Waals surface area contributed by atoms with Crippen LogP contribution in [0.4, 0.5) is 0 Å². The summed E-state index contributed by atoms with van der Waals surface area (Å²) in [5.74, 6) is 1.11. The lowest BCUT2D eigenvalue weighted by Crippen LogP contribution is -2.08. The van der Waals surface area contributed by atoms with Crippen molar-refractivity contribution in [2.45, 2.75) is 25.7 Å². The first-order valence-corrected chi connectivity index (χ1v) is 6.91. The molecule has 2 aromatic rings. The van der Waals surface area contributed by atoms with Crippen LogP contribution < -0.4 is 0 Å². The molecule has 0 bridgehead atoms. The van der Waals surface area contributed by atoms with Crippen molar-refractivity contribution in [3.63, 3.8) is 0 Å². The second-order valence-electron chi connectivity index (χ2n) is 5.29. The fourth-order valence-electron chi connectivity index (χ4n) is 3.29. The fraction of sp³-hybridized carbons (Fsp3) is 0.278. The Bertz CT molecular complexity index is 622. The molecule has 0 spiro atoms. The maximum Gasteiger partial charge on any atom is 0.0991 e. The van der Waals surface area contributed by atoms with Gasteiger partial charge in [0.25, 0.3) is 0 Å². The van der Waals surface area contributed by atoms with Crippen molar-refractivity contribution in [2.75, 3.05) is 0 Å². The minimum Gasteiger partial charge on any atom is -0.192 e. The highest BCUT2D eigenvalue weighted by atomic mass is 14.4. The first kappa shape index (κ1) is 12.0. The quantitative estimate of drug-likeness (QED) is 0.777. The second-order valence-corrected chi connectivity index (χ2v) is 5.29. The molecular weight excluding hydrogens is 230 g/mol.